The van der Waals surface area contributed by atoms with Crippen molar-refractivity contribution in [3.63, 3.8) is 0 Å². The van der Waals surface area contributed by atoms with Gasteiger partial charge in [-0.25, -0.2) is 0 Å². The van der Waals surface area contributed by atoms with Crippen molar-refractivity contribution in [2.75, 3.05) is 0 Å². The summed E-state index contributed by atoms with van der Waals surface area (Å²) in [6.45, 7) is 6.01. The van der Waals surface area contributed by atoms with E-state index in [-0.39, 0.29) is 0 Å². The highest BCUT2D eigenvalue weighted by Gasteiger charge is 2.00. The normalized spacial score (nSPS) is 10.7. The van der Waals surface area contributed by atoms with Gasteiger partial charge in [0.2, 0.25) is 0 Å². The molecular weight excluding hydrogens is 160 g/mol. The van der Waals surface area contributed by atoms with Gasteiger partial charge in [0, 0.05) is 16.8 Å². The molecule has 0 radical (unpaired) electrons. The number of aryl methyl sites for hydroxylation is 3. The third-order valence-electron chi connectivity index (χ3n) is 2.12. The van der Waals surface area contributed by atoms with Gasteiger partial charge >= 0.3 is 0 Å². The molecule has 2 aromatic heterocycles. The van der Waals surface area contributed by atoms with E-state index in [1.165, 1.54) is 5.39 Å². The number of hydrogen-bond acceptors (Lipinski definition) is 2. The summed E-state index contributed by atoms with van der Waals surface area (Å²) >= 11 is 0. The fourth-order valence-electron chi connectivity index (χ4n) is 1.55. The van der Waals surface area contributed by atoms with E-state index in [9.17, 15) is 0 Å². The van der Waals surface area contributed by atoms with Crippen LogP contribution in [-0.2, 0) is 0 Å². The average Bonchev–Trinajstić information content (AvgIpc) is 2.06. The molecule has 0 N–H and O–H groups in total. The average molecular weight is 172 g/mol. The summed E-state index contributed by atoms with van der Waals surface area (Å²) in [6.07, 6.45) is 0. The Bertz CT molecular complexity index is 461. The number of aromatic nitrogens is 2. The maximum atomic E-state index is 4.45. The first-order valence-corrected chi connectivity index (χ1v) is 4.38. The molecule has 0 spiro atoms. The quantitative estimate of drug-likeness (QED) is 0.610. The first kappa shape index (κ1) is 8.17. The molecule has 2 heteroatoms. The first-order chi connectivity index (χ1) is 6.16. The van der Waals surface area contributed by atoms with Crippen LogP contribution in [0.1, 0.15) is 17.1 Å². The summed E-state index contributed by atoms with van der Waals surface area (Å²) in [7, 11) is 0. The zero-order valence-electron chi connectivity index (χ0n) is 8.13. The van der Waals surface area contributed by atoms with Gasteiger partial charge < -0.3 is 0 Å². The van der Waals surface area contributed by atoms with E-state index in [1.807, 2.05) is 26.8 Å². The Balaban J connectivity index is 2.87. The monoisotopic (exact) mass is 172 g/mol. The maximum Gasteiger partial charge on any atom is 0.0917 e. The zero-order valence-corrected chi connectivity index (χ0v) is 8.13. The number of nitrogens with zero attached hydrogens (tertiary/aromatic N) is 2. The molecule has 0 bridgehead atoms. The topological polar surface area (TPSA) is 25.8 Å². The number of fused-ring (bicyclic) bond motifs is 1. The van der Waals surface area contributed by atoms with Crippen molar-refractivity contribution < 1.29 is 0 Å². The van der Waals surface area contributed by atoms with Crippen LogP contribution in [0.3, 0.4) is 0 Å². The fraction of sp³-hybridized carbons (Fsp3) is 0.273. The lowest BCUT2D eigenvalue weighted by Gasteiger charge is -2.02. The zero-order chi connectivity index (χ0) is 9.42. The summed E-state index contributed by atoms with van der Waals surface area (Å²) in [5.41, 5.74) is 4.13. The first-order valence-electron chi connectivity index (χ1n) is 4.38. The molecule has 0 aliphatic rings. The van der Waals surface area contributed by atoms with E-state index in [0.29, 0.717) is 0 Å². The van der Waals surface area contributed by atoms with E-state index >= 15 is 0 Å². The molecule has 0 atom stereocenters. The molecule has 0 unspecified atom stereocenters. The molecule has 0 aliphatic carbocycles. The Morgan fingerprint density at radius 3 is 2.46 bits per heavy atom. The van der Waals surface area contributed by atoms with Crippen LogP contribution in [0.4, 0.5) is 0 Å². The van der Waals surface area contributed by atoms with Crippen molar-refractivity contribution in [2.45, 2.75) is 20.8 Å². The summed E-state index contributed by atoms with van der Waals surface area (Å²) in [5, 5.41) is 1.18. The lowest BCUT2D eigenvalue weighted by atomic mass is 10.2. The van der Waals surface area contributed by atoms with Gasteiger partial charge in [0.1, 0.15) is 0 Å². The van der Waals surface area contributed by atoms with Crippen LogP contribution in [0.5, 0.6) is 0 Å². The Hall–Kier alpha value is -1.44. The van der Waals surface area contributed by atoms with Gasteiger partial charge in [0.05, 0.1) is 11.2 Å². The molecule has 2 rings (SSSR count). The summed E-state index contributed by atoms with van der Waals surface area (Å²) in [6, 6.07) is 6.19. The third-order valence-corrected chi connectivity index (χ3v) is 2.12. The van der Waals surface area contributed by atoms with Gasteiger partial charge in [0.15, 0.2) is 0 Å². The molecule has 0 aromatic carbocycles. The molecule has 0 amide bonds. The molecule has 2 heterocycles. The van der Waals surface area contributed by atoms with Crippen LogP contribution in [0.2, 0.25) is 0 Å². The van der Waals surface area contributed by atoms with Crippen molar-refractivity contribution in [3.05, 3.63) is 35.3 Å². The molecule has 0 saturated carbocycles. The van der Waals surface area contributed by atoms with Gasteiger partial charge in [-0.15, -0.1) is 0 Å². The second kappa shape index (κ2) is 2.80. The molecule has 66 valence electrons. The summed E-state index contributed by atoms with van der Waals surface area (Å²) in [4.78, 5) is 8.83. The number of hydrogen-bond donors (Lipinski definition) is 0. The Morgan fingerprint density at radius 1 is 0.923 bits per heavy atom. The Kier molecular flexibility index (Phi) is 1.76. The summed E-state index contributed by atoms with van der Waals surface area (Å²) in [5.74, 6) is 0. The largest absolute Gasteiger partial charge is 0.256 e. The number of rotatable bonds is 0. The molecule has 0 fully saturated rings. The molecule has 2 nitrogen and oxygen atoms in total. The predicted octanol–water partition coefficient (Wildman–Crippen LogP) is 2.56. The highest BCUT2D eigenvalue weighted by atomic mass is 14.8. The van der Waals surface area contributed by atoms with Crippen LogP contribution in [0.25, 0.3) is 10.9 Å². The van der Waals surface area contributed by atoms with Crippen molar-refractivity contribution >= 4 is 10.9 Å². The second-order valence-corrected chi connectivity index (χ2v) is 3.37. The summed E-state index contributed by atoms with van der Waals surface area (Å²) < 4.78 is 0. The molecular formula is C11H12N2. The minimum atomic E-state index is 1.01. The fourth-order valence-corrected chi connectivity index (χ4v) is 1.55. The predicted molar refractivity (Wildman–Crippen MR) is 53.7 cm³/mol. The number of pyridine rings is 2. The van der Waals surface area contributed by atoms with Crippen molar-refractivity contribution in [2.24, 2.45) is 0 Å². The van der Waals surface area contributed by atoms with Gasteiger partial charge in [-0.05, 0) is 32.9 Å². The van der Waals surface area contributed by atoms with Crippen LogP contribution >= 0.6 is 0 Å². The third kappa shape index (κ3) is 1.39. The molecule has 13 heavy (non-hydrogen) atoms. The van der Waals surface area contributed by atoms with Gasteiger partial charge in [0.25, 0.3) is 0 Å². The molecule has 2 aromatic rings. The molecule has 0 aliphatic heterocycles. The van der Waals surface area contributed by atoms with E-state index in [2.05, 4.69) is 22.1 Å². The standard InChI is InChI=1S/C11H12N2/c1-7-4-5-10-6-8(2)12-9(3)11(10)13-7/h4-6H,1-3H3. The maximum absolute atomic E-state index is 4.45. The van der Waals surface area contributed by atoms with E-state index in [1.54, 1.807) is 0 Å². The lowest BCUT2D eigenvalue weighted by Crippen LogP contribution is -1.91. The highest BCUT2D eigenvalue weighted by Crippen LogP contribution is 2.15. The van der Waals surface area contributed by atoms with Crippen LogP contribution in [0, 0.1) is 20.8 Å². The van der Waals surface area contributed by atoms with E-state index in [4.69, 9.17) is 0 Å². The molecule has 0 saturated heterocycles. The van der Waals surface area contributed by atoms with Gasteiger partial charge in [-0.2, -0.15) is 0 Å². The van der Waals surface area contributed by atoms with Crippen molar-refractivity contribution in [1.29, 1.82) is 0 Å². The van der Waals surface area contributed by atoms with Crippen LogP contribution < -0.4 is 0 Å². The smallest absolute Gasteiger partial charge is 0.0917 e. The van der Waals surface area contributed by atoms with Crippen LogP contribution in [-0.4, -0.2) is 9.97 Å². The Morgan fingerprint density at radius 2 is 1.69 bits per heavy atom. The van der Waals surface area contributed by atoms with Crippen molar-refractivity contribution in [1.82, 2.24) is 9.97 Å². The van der Waals surface area contributed by atoms with E-state index in [0.717, 1.165) is 22.6 Å². The minimum absolute atomic E-state index is 1.01. The Labute approximate surface area is 77.6 Å². The van der Waals surface area contributed by atoms with Crippen molar-refractivity contribution in [3.8, 4) is 0 Å². The van der Waals surface area contributed by atoms with Gasteiger partial charge in [-0.1, -0.05) is 6.07 Å². The minimum Gasteiger partial charge on any atom is -0.256 e. The second-order valence-electron chi connectivity index (χ2n) is 3.37. The van der Waals surface area contributed by atoms with Gasteiger partial charge in [-0.3, -0.25) is 9.97 Å². The highest BCUT2D eigenvalue weighted by molar-refractivity contribution is 5.80. The van der Waals surface area contributed by atoms with E-state index < -0.39 is 0 Å². The van der Waals surface area contributed by atoms with Crippen LogP contribution in [0.15, 0.2) is 18.2 Å². The lowest BCUT2D eigenvalue weighted by molar-refractivity contribution is 1.12. The SMILES string of the molecule is Cc1cc2ccc(C)nc2c(C)n1.